The standard InChI is InChI=1S/C17H23N3O/c1-3-21-16-6-4-5-14(11-16)12-19(2)13-17-18-9-10-20(17)15-7-8-15/h4-6,9-11,15H,3,7-8,12-13H2,1-2H3. The molecule has 21 heavy (non-hydrogen) atoms. The monoisotopic (exact) mass is 285 g/mol. The first-order valence-corrected chi connectivity index (χ1v) is 7.68. The molecular weight excluding hydrogens is 262 g/mol. The Labute approximate surface area is 126 Å². The highest BCUT2D eigenvalue weighted by Gasteiger charge is 2.25. The fourth-order valence-corrected chi connectivity index (χ4v) is 2.66. The molecule has 1 aliphatic carbocycles. The fraction of sp³-hybridized carbons (Fsp3) is 0.471. The second-order valence-corrected chi connectivity index (χ2v) is 5.73. The van der Waals surface area contributed by atoms with Crippen LogP contribution >= 0.6 is 0 Å². The molecule has 0 amide bonds. The van der Waals surface area contributed by atoms with Gasteiger partial charge in [0.25, 0.3) is 0 Å². The highest BCUT2D eigenvalue weighted by molar-refractivity contribution is 5.28. The topological polar surface area (TPSA) is 30.3 Å². The van der Waals surface area contributed by atoms with Crippen LogP contribution in [0.4, 0.5) is 0 Å². The van der Waals surface area contributed by atoms with E-state index in [0.29, 0.717) is 12.6 Å². The predicted molar refractivity (Wildman–Crippen MR) is 83.3 cm³/mol. The number of nitrogens with zero attached hydrogens (tertiary/aromatic N) is 3. The molecule has 4 nitrogen and oxygen atoms in total. The molecule has 0 atom stereocenters. The van der Waals surface area contributed by atoms with Gasteiger partial charge in [-0.3, -0.25) is 4.90 Å². The van der Waals surface area contributed by atoms with E-state index in [0.717, 1.165) is 18.8 Å². The number of ether oxygens (including phenoxy) is 1. The molecule has 3 rings (SSSR count). The van der Waals surface area contributed by atoms with Gasteiger partial charge in [0.1, 0.15) is 11.6 Å². The van der Waals surface area contributed by atoms with E-state index in [9.17, 15) is 0 Å². The van der Waals surface area contributed by atoms with Crippen molar-refractivity contribution in [3.8, 4) is 5.75 Å². The minimum Gasteiger partial charge on any atom is -0.494 e. The van der Waals surface area contributed by atoms with Gasteiger partial charge in [-0.15, -0.1) is 0 Å². The van der Waals surface area contributed by atoms with Crippen LogP contribution in [0.3, 0.4) is 0 Å². The Balaban J connectivity index is 1.61. The van der Waals surface area contributed by atoms with Gasteiger partial charge >= 0.3 is 0 Å². The van der Waals surface area contributed by atoms with Crippen LogP contribution < -0.4 is 4.74 Å². The SMILES string of the molecule is CCOc1cccc(CN(C)Cc2nccn2C2CC2)c1. The summed E-state index contributed by atoms with van der Waals surface area (Å²) >= 11 is 0. The molecule has 0 unspecified atom stereocenters. The van der Waals surface area contributed by atoms with Crippen molar-refractivity contribution in [1.29, 1.82) is 0 Å². The summed E-state index contributed by atoms with van der Waals surface area (Å²) in [5.74, 6) is 2.11. The molecule has 0 bridgehead atoms. The fourth-order valence-electron chi connectivity index (χ4n) is 2.66. The second-order valence-electron chi connectivity index (χ2n) is 5.73. The maximum Gasteiger partial charge on any atom is 0.123 e. The van der Waals surface area contributed by atoms with Crippen LogP contribution in [0.1, 0.15) is 37.2 Å². The van der Waals surface area contributed by atoms with Crippen molar-refractivity contribution < 1.29 is 4.74 Å². The molecule has 1 aliphatic rings. The van der Waals surface area contributed by atoms with E-state index in [1.54, 1.807) is 0 Å². The summed E-state index contributed by atoms with van der Waals surface area (Å²) in [4.78, 5) is 6.80. The average Bonchev–Trinajstić information content (AvgIpc) is 3.20. The van der Waals surface area contributed by atoms with Gasteiger partial charge in [-0.1, -0.05) is 12.1 Å². The molecule has 112 valence electrons. The molecule has 4 heteroatoms. The lowest BCUT2D eigenvalue weighted by atomic mass is 10.2. The van der Waals surface area contributed by atoms with Crippen molar-refractivity contribution >= 4 is 0 Å². The molecular formula is C17H23N3O. The van der Waals surface area contributed by atoms with Gasteiger partial charge in [-0.2, -0.15) is 0 Å². The number of imidazole rings is 1. The summed E-state index contributed by atoms with van der Waals surface area (Å²) < 4.78 is 7.88. The molecule has 1 heterocycles. The lowest BCUT2D eigenvalue weighted by molar-refractivity contribution is 0.303. The molecule has 1 saturated carbocycles. The van der Waals surface area contributed by atoms with Crippen molar-refractivity contribution in [3.05, 3.63) is 48.0 Å². The summed E-state index contributed by atoms with van der Waals surface area (Å²) in [6, 6.07) is 9.02. The van der Waals surface area contributed by atoms with Gasteiger partial charge in [-0.05, 0) is 44.5 Å². The van der Waals surface area contributed by atoms with Crippen LogP contribution in [-0.2, 0) is 13.1 Å². The molecule has 0 aliphatic heterocycles. The van der Waals surface area contributed by atoms with E-state index in [-0.39, 0.29) is 0 Å². The minimum atomic E-state index is 0.692. The van der Waals surface area contributed by atoms with Crippen LogP contribution in [0.25, 0.3) is 0 Å². The number of rotatable bonds is 7. The van der Waals surface area contributed by atoms with E-state index in [4.69, 9.17) is 4.74 Å². The van der Waals surface area contributed by atoms with E-state index in [1.165, 1.54) is 24.2 Å². The number of hydrogen-bond donors (Lipinski definition) is 0. The summed E-state index contributed by atoms with van der Waals surface area (Å²) in [5.41, 5.74) is 1.27. The van der Waals surface area contributed by atoms with E-state index in [2.05, 4.69) is 45.9 Å². The van der Waals surface area contributed by atoms with Gasteiger partial charge in [0.15, 0.2) is 0 Å². The summed E-state index contributed by atoms with van der Waals surface area (Å²) in [6.45, 7) is 4.50. The van der Waals surface area contributed by atoms with Crippen molar-refractivity contribution in [2.24, 2.45) is 0 Å². The largest absolute Gasteiger partial charge is 0.494 e. The number of hydrogen-bond acceptors (Lipinski definition) is 3. The normalized spacial score (nSPS) is 14.6. The summed E-state index contributed by atoms with van der Waals surface area (Å²) in [7, 11) is 2.14. The molecule has 1 fully saturated rings. The molecule has 0 radical (unpaired) electrons. The van der Waals surface area contributed by atoms with Crippen LogP contribution in [0.15, 0.2) is 36.7 Å². The van der Waals surface area contributed by atoms with Gasteiger partial charge in [0, 0.05) is 25.0 Å². The molecule has 0 spiro atoms. The van der Waals surface area contributed by atoms with Crippen molar-refractivity contribution in [2.75, 3.05) is 13.7 Å². The summed E-state index contributed by atoms with van der Waals surface area (Å²) in [6.07, 6.45) is 6.61. The highest BCUT2D eigenvalue weighted by Crippen LogP contribution is 2.35. The van der Waals surface area contributed by atoms with Crippen molar-refractivity contribution in [3.63, 3.8) is 0 Å². The predicted octanol–water partition coefficient (Wildman–Crippen LogP) is 3.25. The van der Waals surface area contributed by atoms with Crippen LogP contribution in [0, 0.1) is 0 Å². The molecule has 0 saturated heterocycles. The Kier molecular flexibility index (Phi) is 4.25. The summed E-state index contributed by atoms with van der Waals surface area (Å²) in [5, 5.41) is 0. The Hall–Kier alpha value is -1.81. The zero-order valence-corrected chi connectivity index (χ0v) is 12.8. The third-order valence-electron chi connectivity index (χ3n) is 3.76. The smallest absolute Gasteiger partial charge is 0.123 e. The van der Waals surface area contributed by atoms with Crippen LogP contribution in [0.2, 0.25) is 0 Å². The first-order valence-electron chi connectivity index (χ1n) is 7.68. The molecule has 1 aromatic carbocycles. The zero-order valence-electron chi connectivity index (χ0n) is 12.8. The van der Waals surface area contributed by atoms with Gasteiger partial charge in [-0.25, -0.2) is 4.98 Å². The van der Waals surface area contributed by atoms with E-state index < -0.39 is 0 Å². The number of aromatic nitrogens is 2. The van der Waals surface area contributed by atoms with Crippen molar-refractivity contribution in [2.45, 2.75) is 38.9 Å². The number of benzene rings is 1. The average molecular weight is 285 g/mol. The van der Waals surface area contributed by atoms with Gasteiger partial charge < -0.3 is 9.30 Å². The zero-order chi connectivity index (χ0) is 14.7. The first kappa shape index (κ1) is 14.1. The van der Waals surface area contributed by atoms with Gasteiger partial charge in [0.05, 0.1) is 13.2 Å². The quantitative estimate of drug-likeness (QED) is 0.782. The Morgan fingerprint density at radius 1 is 1.33 bits per heavy atom. The Morgan fingerprint density at radius 2 is 2.19 bits per heavy atom. The molecule has 0 N–H and O–H groups in total. The minimum absolute atomic E-state index is 0.692. The second kappa shape index (κ2) is 6.31. The molecule has 1 aromatic heterocycles. The lowest BCUT2D eigenvalue weighted by Gasteiger charge is -2.17. The lowest BCUT2D eigenvalue weighted by Crippen LogP contribution is -2.20. The Bertz CT molecular complexity index is 589. The van der Waals surface area contributed by atoms with Gasteiger partial charge in [0.2, 0.25) is 0 Å². The van der Waals surface area contributed by atoms with Crippen LogP contribution in [-0.4, -0.2) is 28.1 Å². The first-order chi connectivity index (χ1) is 10.3. The maximum absolute atomic E-state index is 5.56. The van der Waals surface area contributed by atoms with Crippen molar-refractivity contribution in [1.82, 2.24) is 14.5 Å². The Morgan fingerprint density at radius 3 is 2.95 bits per heavy atom. The van der Waals surface area contributed by atoms with E-state index in [1.807, 2.05) is 19.2 Å². The highest BCUT2D eigenvalue weighted by atomic mass is 16.5. The molecule has 2 aromatic rings. The van der Waals surface area contributed by atoms with Crippen LogP contribution in [0.5, 0.6) is 5.75 Å². The van der Waals surface area contributed by atoms with E-state index >= 15 is 0 Å². The maximum atomic E-state index is 5.56. The third-order valence-corrected chi connectivity index (χ3v) is 3.76. The third kappa shape index (κ3) is 3.64.